The van der Waals surface area contributed by atoms with E-state index >= 15 is 0 Å². The first-order chi connectivity index (χ1) is 15.2. The molecule has 5 nitrogen and oxygen atoms in total. The molecule has 2 N–H and O–H groups in total. The summed E-state index contributed by atoms with van der Waals surface area (Å²) in [6.45, 7) is 2.84. The number of ether oxygens (including phenoxy) is 1. The Morgan fingerprint density at radius 2 is 1.42 bits per heavy atom. The summed E-state index contributed by atoms with van der Waals surface area (Å²) >= 11 is 0. The van der Waals surface area contributed by atoms with Gasteiger partial charge in [0.1, 0.15) is 5.75 Å². The molecule has 0 aliphatic rings. The van der Waals surface area contributed by atoms with Crippen molar-refractivity contribution in [1.29, 1.82) is 0 Å². The highest BCUT2D eigenvalue weighted by atomic mass is 16.5. The fourth-order valence-electron chi connectivity index (χ4n) is 3.32. The molecular formula is C26H28N2O3. The van der Waals surface area contributed by atoms with E-state index < -0.39 is 0 Å². The van der Waals surface area contributed by atoms with Crippen LogP contribution in [0.5, 0.6) is 5.75 Å². The van der Waals surface area contributed by atoms with Gasteiger partial charge in [0.2, 0.25) is 11.8 Å². The number of amides is 2. The second-order valence-corrected chi connectivity index (χ2v) is 7.18. The van der Waals surface area contributed by atoms with Gasteiger partial charge < -0.3 is 15.4 Å². The van der Waals surface area contributed by atoms with Crippen LogP contribution in [0.1, 0.15) is 36.1 Å². The number of rotatable bonds is 10. The van der Waals surface area contributed by atoms with Gasteiger partial charge in [0.25, 0.3) is 0 Å². The summed E-state index contributed by atoms with van der Waals surface area (Å²) in [7, 11) is 0. The Morgan fingerprint density at radius 3 is 2.06 bits per heavy atom. The number of benzene rings is 3. The molecule has 0 aliphatic heterocycles. The summed E-state index contributed by atoms with van der Waals surface area (Å²) in [6.07, 6.45) is 0.516. The Balaban J connectivity index is 1.57. The highest BCUT2D eigenvalue weighted by Crippen LogP contribution is 2.24. The molecule has 0 radical (unpaired) electrons. The first kappa shape index (κ1) is 22.1. The maximum Gasteiger partial charge on any atom is 0.224 e. The van der Waals surface area contributed by atoms with Crippen molar-refractivity contribution in [2.75, 3.05) is 13.2 Å². The van der Waals surface area contributed by atoms with Crippen molar-refractivity contribution in [3.8, 4) is 5.75 Å². The topological polar surface area (TPSA) is 67.4 Å². The number of hydrogen-bond donors (Lipinski definition) is 2. The minimum Gasteiger partial charge on any atom is -0.494 e. The fraction of sp³-hybridized carbons (Fsp3) is 0.231. The third-order valence-corrected chi connectivity index (χ3v) is 4.84. The molecule has 0 saturated carbocycles. The summed E-state index contributed by atoms with van der Waals surface area (Å²) in [6, 6.07) is 26.8. The number of carbonyl (C=O) groups excluding carboxylic acids is 2. The van der Waals surface area contributed by atoms with Gasteiger partial charge in [0.15, 0.2) is 0 Å². The largest absolute Gasteiger partial charge is 0.494 e. The quantitative estimate of drug-likeness (QED) is 0.524. The van der Waals surface area contributed by atoms with Crippen molar-refractivity contribution >= 4 is 11.8 Å². The molecule has 0 heterocycles. The monoisotopic (exact) mass is 416 g/mol. The number of hydrogen-bond acceptors (Lipinski definition) is 3. The van der Waals surface area contributed by atoms with E-state index in [0.717, 1.165) is 22.4 Å². The van der Waals surface area contributed by atoms with Crippen molar-refractivity contribution in [2.24, 2.45) is 0 Å². The van der Waals surface area contributed by atoms with Gasteiger partial charge >= 0.3 is 0 Å². The zero-order valence-corrected chi connectivity index (χ0v) is 17.7. The molecule has 3 rings (SSSR count). The molecule has 2 amide bonds. The molecule has 0 bridgehead atoms. The standard InChI is InChI=1S/C26H28N2O3/c1-2-31-23-15-13-22(14-16-23)26(21-11-7-4-8-12-21)28-24(29)17-18-27-25(30)19-20-9-5-3-6-10-20/h3-16,26H,2,17-19H2,1H3,(H,27,30)(H,28,29). The molecule has 160 valence electrons. The number of carbonyl (C=O) groups is 2. The average molecular weight is 417 g/mol. The fourth-order valence-corrected chi connectivity index (χ4v) is 3.32. The van der Waals surface area contributed by atoms with Crippen LogP contribution in [0.15, 0.2) is 84.9 Å². The summed E-state index contributed by atoms with van der Waals surface area (Å²) in [5.74, 6) is 0.582. The lowest BCUT2D eigenvalue weighted by Crippen LogP contribution is -2.33. The zero-order valence-electron chi connectivity index (χ0n) is 17.7. The van der Waals surface area contributed by atoms with Crippen molar-refractivity contribution in [3.05, 3.63) is 102 Å². The van der Waals surface area contributed by atoms with Crippen LogP contribution in [0.2, 0.25) is 0 Å². The molecule has 0 saturated heterocycles. The Hall–Kier alpha value is -3.60. The van der Waals surface area contributed by atoms with E-state index in [-0.39, 0.29) is 24.3 Å². The lowest BCUT2D eigenvalue weighted by atomic mass is 9.98. The third kappa shape index (κ3) is 7.00. The van der Waals surface area contributed by atoms with Crippen LogP contribution in [0.3, 0.4) is 0 Å². The van der Waals surface area contributed by atoms with Gasteiger partial charge in [0.05, 0.1) is 19.1 Å². The summed E-state index contributed by atoms with van der Waals surface area (Å²) in [5, 5.41) is 5.91. The van der Waals surface area contributed by atoms with E-state index in [1.54, 1.807) is 0 Å². The van der Waals surface area contributed by atoms with Crippen LogP contribution < -0.4 is 15.4 Å². The van der Waals surface area contributed by atoms with Crippen molar-refractivity contribution in [2.45, 2.75) is 25.8 Å². The molecule has 5 heteroatoms. The van der Waals surface area contributed by atoms with Crippen LogP contribution in [-0.2, 0) is 16.0 Å². The Morgan fingerprint density at radius 1 is 0.806 bits per heavy atom. The Labute approximate surface area is 183 Å². The molecule has 1 unspecified atom stereocenters. The molecule has 3 aromatic carbocycles. The minimum atomic E-state index is -0.274. The highest BCUT2D eigenvalue weighted by molar-refractivity contribution is 5.80. The summed E-state index contributed by atoms with van der Waals surface area (Å²) in [5.41, 5.74) is 2.91. The molecule has 3 aromatic rings. The molecule has 0 aromatic heterocycles. The van der Waals surface area contributed by atoms with Gasteiger partial charge in [0, 0.05) is 13.0 Å². The lowest BCUT2D eigenvalue weighted by molar-refractivity contribution is -0.122. The normalized spacial score (nSPS) is 11.4. The smallest absolute Gasteiger partial charge is 0.224 e. The second kappa shape index (κ2) is 11.6. The maximum absolute atomic E-state index is 12.6. The van der Waals surface area contributed by atoms with E-state index in [0.29, 0.717) is 19.6 Å². The van der Waals surface area contributed by atoms with Crippen LogP contribution in [0.4, 0.5) is 0 Å². The first-order valence-corrected chi connectivity index (χ1v) is 10.5. The van der Waals surface area contributed by atoms with Crippen LogP contribution >= 0.6 is 0 Å². The Kier molecular flexibility index (Phi) is 8.23. The van der Waals surface area contributed by atoms with Crippen molar-refractivity contribution in [1.82, 2.24) is 10.6 Å². The van der Waals surface area contributed by atoms with Crippen LogP contribution in [0.25, 0.3) is 0 Å². The first-order valence-electron chi connectivity index (χ1n) is 10.5. The van der Waals surface area contributed by atoms with E-state index in [1.807, 2.05) is 91.9 Å². The van der Waals surface area contributed by atoms with Gasteiger partial charge in [-0.15, -0.1) is 0 Å². The van der Waals surface area contributed by atoms with Gasteiger partial charge in [-0.2, -0.15) is 0 Å². The Bertz CT molecular complexity index is 957. The van der Waals surface area contributed by atoms with Gasteiger partial charge in [-0.3, -0.25) is 9.59 Å². The van der Waals surface area contributed by atoms with E-state index in [4.69, 9.17) is 4.74 Å². The minimum absolute atomic E-state index is 0.0925. The molecule has 0 spiro atoms. The third-order valence-electron chi connectivity index (χ3n) is 4.84. The van der Waals surface area contributed by atoms with Gasteiger partial charge in [-0.05, 0) is 35.7 Å². The second-order valence-electron chi connectivity index (χ2n) is 7.18. The average Bonchev–Trinajstić information content (AvgIpc) is 2.79. The summed E-state index contributed by atoms with van der Waals surface area (Å²) < 4.78 is 5.52. The molecular weight excluding hydrogens is 388 g/mol. The van der Waals surface area contributed by atoms with Gasteiger partial charge in [-0.25, -0.2) is 0 Å². The molecule has 1 atom stereocenters. The lowest BCUT2D eigenvalue weighted by Gasteiger charge is -2.20. The number of nitrogens with one attached hydrogen (secondary N) is 2. The summed E-state index contributed by atoms with van der Waals surface area (Å²) in [4.78, 5) is 24.7. The predicted molar refractivity (Wildman–Crippen MR) is 122 cm³/mol. The van der Waals surface area contributed by atoms with Gasteiger partial charge in [-0.1, -0.05) is 72.8 Å². The van der Waals surface area contributed by atoms with E-state index in [1.165, 1.54) is 0 Å². The molecule has 0 fully saturated rings. The predicted octanol–water partition coefficient (Wildman–Crippen LogP) is 4.04. The van der Waals surface area contributed by atoms with Crippen LogP contribution in [0, 0.1) is 0 Å². The van der Waals surface area contributed by atoms with E-state index in [2.05, 4.69) is 10.6 Å². The maximum atomic E-state index is 12.6. The zero-order chi connectivity index (χ0) is 21.9. The van der Waals surface area contributed by atoms with Crippen molar-refractivity contribution in [3.63, 3.8) is 0 Å². The molecule has 31 heavy (non-hydrogen) atoms. The van der Waals surface area contributed by atoms with E-state index in [9.17, 15) is 9.59 Å². The SMILES string of the molecule is CCOc1ccc(C(NC(=O)CCNC(=O)Cc2ccccc2)c2ccccc2)cc1. The van der Waals surface area contributed by atoms with Crippen molar-refractivity contribution < 1.29 is 14.3 Å². The molecule has 0 aliphatic carbocycles. The van der Waals surface area contributed by atoms with Crippen LogP contribution in [-0.4, -0.2) is 25.0 Å². The highest BCUT2D eigenvalue weighted by Gasteiger charge is 2.17.